The van der Waals surface area contributed by atoms with Crippen LogP contribution >= 0.6 is 11.6 Å². The molecule has 0 amide bonds. The van der Waals surface area contributed by atoms with E-state index in [9.17, 15) is 9.18 Å². The standard InChI is InChI=1S/C11H6ClFO/c12-11(14)9-5-7-3-1-2-4-8(7)6-10(9)13/h1-6H. The van der Waals surface area contributed by atoms with E-state index in [1.54, 1.807) is 12.1 Å². The molecular formula is C11H6ClFO. The van der Waals surface area contributed by atoms with Crippen molar-refractivity contribution in [3.8, 4) is 0 Å². The van der Waals surface area contributed by atoms with Crippen molar-refractivity contribution in [2.75, 3.05) is 0 Å². The number of fused-ring (bicyclic) bond motifs is 1. The number of carbonyl (C=O) groups is 1. The largest absolute Gasteiger partial charge is 0.275 e. The molecule has 0 bridgehead atoms. The Morgan fingerprint density at radius 1 is 1.14 bits per heavy atom. The van der Waals surface area contributed by atoms with Gasteiger partial charge in [0.2, 0.25) is 0 Å². The average molecular weight is 209 g/mol. The number of halogens is 2. The summed E-state index contributed by atoms with van der Waals surface area (Å²) in [4.78, 5) is 10.8. The highest BCUT2D eigenvalue weighted by atomic mass is 35.5. The van der Waals surface area contributed by atoms with E-state index in [1.165, 1.54) is 12.1 Å². The lowest BCUT2D eigenvalue weighted by Crippen LogP contribution is -1.94. The molecule has 0 radical (unpaired) electrons. The van der Waals surface area contributed by atoms with E-state index in [4.69, 9.17) is 11.6 Å². The molecule has 0 unspecified atom stereocenters. The highest BCUT2D eigenvalue weighted by Gasteiger charge is 2.09. The summed E-state index contributed by atoms with van der Waals surface area (Å²) in [6, 6.07) is 9.98. The van der Waals surface area contributed by atoms with Gasteiger partial charge >= 0.3 is 0 Å². The minimum Gasteiger partial charge on any atom is -0.275 e. The van der Waals surface area contributed by atoms with Gasteiger partial charge in [-0.25, -0.2) is 4.39 Å². The Labute approximate surface area is 85.1 Å². The molecule has 0 N–H and O–H groups in total. The first-order valence-corrected chi connectivity index (χ1v) is 4.44. The molecule has 0 aromatic heterocycles. The normalized spacial score (nSPS) is 10.4. The van der Waals surface area contributed by atoms with Crippen LogP contribution in [-0.4, -0.2) is 5.24 Å². The third-order valence-corrected chi connectivity index (χ3v) is 2.25. The highest BCUT2D eigenvalue weighted by Crippen LogP contribution is 2.20. The van der Waals surface area contributed by atoms with Gasteiger partial charge < -0.3 is 0 Å². The summed E-state index contributed by atoms with van der Waals surface area (Å²) in [5.74, 6) is -0.580. The lowest BCUT2D eigenvalue weighted by molar-refractivity contribution is 0.107. The quantitative estimate of drug-likeness (QED) is 0.657. The van der Waals surface area contributed by atoms with Crippen molar-refractivity contribution in [2.45, 2.75) is 0 Å². The molecule has 0 fully saturated rings. The van der Waals surface area contributed by atoms with Gasteiger partial charge in [0.15, 0.2) is 0 Å². The predicted molar refractivity (Wildman–Crippen MR) is 54.1 cm³/mol. The highest BCUT2D eigenvalue weighted by molar-refractivity contribution is 6.67. The van der Waals surface area contributed by atoms with E-state index in [2.05, 4.69) is 0 Å². The van der Waals surface area contributed by atoms with Crippen LogP contribution in [0.3, 0.4) is 0 Å². The summed E-state index contributed by atoms with van der Waals surface area (Å²) in [5.41, 5.74) is -0.0784. The summed E-state index contributed by atoms with van der Waals surface area (Å²) < 4.78 is 13.3. The smallest absolute Gasteiger partial charge is 0.255 e. The Kier molecular flexibility index (Phi) is 2.22. The van der Waals surface area contributed by atoms with Crippen LogP contribution in [0.4, 0.5) is 4.39 Å². The van der Waals surface area contributed by atoms with Gasteiger partial charge in [0.1, 0.15) is 5.82 Å². The van der Waals surface area contributed by atoms with Gasteiger partial charge in [0.25, 0.3) is 5.24 Å². The van der Waals surface area contributed by atoms with Gasteiger partial charge in [0, 0.05) is 0 Å². The van der Waals surface area contributed by atoms with Gasteiger partial charge in [-0.3, -0.25) is 4.79 Å². The molecule has 0 atom stereocenters. The zero-order chi connectivity index (χ0) is 10.1. The van der Waals surface area contributed by atoms with E-state index < -0.39 is 11.1 Å². The molecule has 0 spiro atoms. The number of carbonyl (C=O) groups excluding carboxylic acids is 1. The van der Waals surface area contributed by atoms with Crippen LogP contribution in [0.1, 0.15) is 10.4 Å². The van der Waals surface area contributed by atoms with Crippen molar-refractivity contribution in [3.63, 3.8) is 0 Å². The molecule has 0 aliphatic heterocycles. The second-order valence-corrected chi connectivity index (χ2v) is 3.30. The van der Waals surface area contributed by atoms with Crippen LogP contribution in [0.5, 0.6) is 0 Å². The zero-order valence-corrected chi connectivity index (χ0v) is 7.88. The van der Waals surface area contributed by atoms with Crippen molar-refractivity contribution in [1.82, 2.24) is 0 Å². The SMILES string of the molecule is O=C(Cl)c1cc2ccccc2cc1F. The molecule has 0 aliphatic rings. The van der Waals surface area contributed by atoms with Crippen LogP contribution in [0.15, 0.2) is 36.4 Å². The fraction of sp³-hybridized carbons (Fsp3) is 0. The molecule has 1 nitrogen and oxygen atoms in total. The van der Waals surface area contributed by atoms with Gasteiger partial charge in [-0.1, -0.05) is 24.3 Å². The lowest BCUT2D eigenvalue weighted by atomic mass is 10.1. The first-order valence-electron chi connectivity index (χ1n) is 4.06. The molecule has 0 saturated carbocycles. The van der Waals surface area contributed by atoms with E-state index in [0.717, 1.165) is 10.8 Å². The maximum Gasteiger partial charge on any atom is 0.255 e. The third-order valence-electron chi connectivity index (χ3n) is 2.05. The molecule has 2 aromatic rings. The Bertz CT molecular complexity index is 508. The topological polar surface area (TPSA) is 17.1 Å². The average Bonchev–Trinajstić information content (AvgIpc) is 2.16. The Hall–Kier alpha value is -1.41. The van der Waals surface area contributed by atoms with Gasteiger partial charge in [-0.2, -0.15) is 0 Å². The van der Waals surface area contributed by atoms with Crippen molar-refractivity contribution in [2.24, 2.45) is 0 Å². The van der Waals surface area contributed by atoms with E-state index in [-0.39, 0.29) is 5.56 Å². The first kappa shape index (κ1) is 9.16. The molecule has 0 aliphatic carbocycles. The molecule has 3 heteroatoms. The third kappa shape index (κ3) is 1.49. The Morgan fingerprint density at radius 2 is 1.71 bits per heavy atom. The summed E-state index contributed by atoms with van der Waals surface area (Å²) in [6.45, 7) is 0. The lowest BCUT2D eigenvalue weighted by Gasteiger charge is -2.00. The second kappa shape index (κ2) is 3.39. The van der Waals surface area contributed by atoms with Gasteiger partial charge in [-0.05, 0) is 34.5 Å². The fourth-order valence-corrected chi connectivity index (χ4v) is 1.51. The molecule has 0 saturated heterocycles. The minimum atomic E-state index is -0.770. The molecular weight excluding hydrogens is 203 g/mol. The maximum atomic E-state index is 13.3. The maximum absolute atomic E-state index is 13.3. The molecule has 2 aromatic carbocycles. The number of rotatable bonds is 1. The molecule has 70 valence electrons. The van der Waals surface area contributed by atoms with Crippen LogP contribution in [0.2, 0.25) is 0 Å². The van der Waals surface area contributed by atoms with Crippen LogP contribution < -0.4 is 0 Å². The van der Waals surface area contributed by atoms with Crippen LogP contribution in [0, 0.1) is 5.82 Å². The predicted octanol–water partition coefficient (Wildman–Crippen LogP) is 3.36. The molecule has 0 heterocycles. The molecule has 2 rings (SSSR count). The molecule has 14 heavy (non-hydrogen) atoms. The van der Waals surface area contributed by atoms with Gasteiger partial charge in [0.05, 0.1) is 5.56 Å². The van der Waals surface area contributed by atoms with Gasteiger partial charge in [-0.15, -0.1) is 0 Å². The Morgan fingerprint density at radius 3 is 2.29 bits per heavy atom. The summed E-state index contributed by atoms with van der Waals surface area (Å²) in [7, 11) is 0. The Balaban J connectivity index is 2.77. The van der Waals surface area contributed by atoms with Crippen molar-refractivity contribution in [1.29, 1.82) is 0 Å². The summed E-state index contributed by atoms with van der Waals surface area (Å²) in [5, 5.41) is 0.790. The van der Waals surface area contributed by atoms with Crippen molar-refractivity contribution < 1.29 is 9.18 Å². The fourth-order valence-electron chi connectivity index (χ4n) is 1.36. The first-order chi connectivity index (χ1) is 6.68. The monoisotopic (exact) mass is 208 g/mol. The number of hydrogen-bond donors (Lipinski definition) is 0. The summed E-state index contributed by atoms with van der Waals surface area (Å²) in [6.07, 6.45) is 0. The second-order valence-electron chi connectivity index (χ2n) is 2.95. The number of benzene rings is 2. The van der Waals surface area contributed by atoms with Crippen molar-refractivity contribution >= 4 is 27.6 Å². The van der Waals surface area contributed by atoms with Crippen LogP contribution in [0.25, 0.3) is 10.8 Å². The van der Waals surface area contributed by atoms with E-state index in [0.29, 0.717) is 0 Å². The van der Waals surface area contributed by atoms with E-state index in [1.807, 2.05) is 12.1 Å². The zero-order valence-electron chi connectivity index (χ0n) is 7.13. The minimum absolute atomic E-state index is 0.0784. The summed E-state index contributed by atoms with van der Waals surface area (Å²) >= 11 is 5.23. The van der Waals surface area contributed by atoms with Crippen molar-refractivity contribution in [3.05, 3.63) is 47.8 Å². The van der Waals surface area contributed by atoms with E-state index >= 15 is 0 Å². The number of hydrogen-bond acceptors (Lipinski definition) is 1. The van der Waals surface area contributed by atoms with Crippen LogP contribution in [-0.2, 0) is 0 Å².